The van der Waals surface area contributed by atoms with Crippen molar-refractivity contribution < 1.29 is 4.74 Å². The molecule has 0 amide bonds. The molecule has 0 atom stereocenters. The fraction of sp³-hybridized carbons (Fsp3) is 0.750. The van der Waals surface area contributed by atoms with Gasteiger partial charge in [-0.1, -0.05) is 0 Å². The van der Waals surface area contributed by atoms with Crippen molar-refractivity contribution in [2.45, 2.75) is 39.3 Å². The second-order valence-corrected chi connectivity index (χ2v) is 4.63. The summed E-state index contributed by atoms with van der Waals surface area (Å²) in [7, 11) is 1.80. The molecule has 16 heavy (non-hydrogen) atoms. The molecule has 0 unspecified atom stereocenters. The molecule has 1 fully saturated rings. The summed E-state index contributed by atoms with van der Waals surface area (Å²) in [5.74, 6) is 0. The number of aryl methyl sites for hydroxylation is 2. The molecular weight excluding hydrogens is 202 g/mol. The van der Waals surface area contributed by atoms with Gasteiger partial charge in [0.1, 0.15) is 0 Å². The molecule has 90 valence electrons. The van der Waals surface area contributed by atoms with Gasteiger partial charge in [0.15, 0.2) is 0 Å². The van der Waals surface area contributed by atoms with Crippen LogP contribution in [0.4, 0.5) is 0 Å². The van der Waals surface area contributed by atoms with Crippen molar-refractivity contribution in [3.05, 3.63) is 17.0 Å². The van der Waals surface area contributed by atoms with Crippen LogP contribution in [0, 0.1) is 13.8 Å². The van der Waals surface area contributed by atoms with Crippen LogP contribution in [0.2, 0.25) is 0 Å². The maximum absolute atomic E-state index is 5.63. The van der Waals surface area contributed by atoms with Crippen LogP contribution in [-0.2, 0) is 17.7 Å². The minimum atomic E-state index is -0.00285. The molecule has 0 radical (unpaired) electrons. The average molecular weight is 223 g/mol. The van der Waals surface area contributed by atoms with Gasteiger partial charge in [0.05, 0.1) is 11.3 Å². The lowest BCUT2D eigenvalue weighted by molar-refractivity contribution is -0.0504. The van der Waals surface area contributed by atoms with E-state index in [-0.39, 0.29) is 5.60 Å². The standard InChI is InChI=1S/C12H21N3O/c1-5-15-10(3)11(9(2)14-15)6-12(16-4)7-13-8-12/h13H,5-8H2,1-4H3. The number of nitrogens with one attached hydrogen (secondary N) is 1. The van der Waals surface area contributed by atoms with E-state index in [1.807, 2.05) is 0 Å². The molecule has 2 heterocycles. The van der Waals surface area contributed by atoms with E-state index < -0.39 is 0 Å². The Hall–Kier alpha value is -0.870. The van der Waals surface area contributed by atoms with Crippen LogP contribution in [0.15, 0.2) is 0 Å². The van der Waals surface area contributed by atoms with Gasteiger partial charge in [-0.2, -0.15) is 5.10 Å². The van der Waals surface area contributed by atoms with Crippen molar-refractivity contribution in [3.8, 4) is 0 Å². The number of nitrogens with zero attached hydrogens (tertiary/aromatic N) is 2. The van der Waals surface area contributed by atoms with E-state index in [0.29, 0.717) is 0 Å². The summed E-state index contributed by atoms with van der Waals surface area (Å²) in [5.41, 5.74) is 3.77. The van der Waals surface area contributed by atoms with Crippen LogP contribution in [0.3, 0.4) is 0 Å². The Morgan fingerprint density at radius 3 is 2.50 bits per heavy atom. The predicted octanol–water partition coefficient (Wildman–Crippen LogP) is 1.05. The van der Waals surface area contributed by atoms with E-state index in [4.69, 9.17) is 4.74 Å². The maximum Gasteiger partial charge on any atom is 0.0967 e. The number of hydrogen-bond donors (Lipinski definition) is 1. The van der Waals surface area contributed by atoms with Gasteiger partial charge in [-0.05, 0) is 26.3 Å². The summed E-state index contributed by atoms with van der Waals surface area (Å²) in [4.78, 5) is 0. The summed E-state index contributed by atoms with van der Waals surface area (Å²) in [5, 5.41) is 7.83. The third kappa shape index (κ3) is 1.76. The third-order valence-corrected chi connectivity index (χ3v) is 3.66. The quantitative estimate of drug-likeness (QED) is 0.829. The monoisotopic (exact) mass is 223 g/mol. The molecule has 1 saturated heterocycles. The van der Waals surface area contributed by atoms with Crippen LogP contribution in [0.25, 0.3) is 0 Å². The zero-order chi connectivity index (χ0) is 11.8. The first kappa shape index (κ1) is 11.6. The smallest absolute Gasteiger partial charge is 0.0967 e. The van der Waals surface area contributed by atoms with E-state index >= 15 is 0 Å². The highest BCUT2D eigenvalue weighted by molar-refractivity contribution is 5.27. The first-order valence-electron chi connectivity index (χ1n) is 5.90. The van der Waals surface area contributed by atoms with E-state index in [1.165, 1.54) is 11.3 Å². The molecule has 0 saturated carbocycles. The highest BCUT2D eigenvalue weighted by Crippen LogP contribution is 2.25. The fourth-order valence-electron chi connectivity index (χ4n) is 2.37. The van der Waals surface area contributed by atoms with Gasteiger partial charge >= 0.3 is 0 Å². The molecule has 1 aromatic rings. The molecule has 0 aromatic carbocycles. The summed E-state index contributed by atoms with van der Waals surface area (Å²) in [6.07, 6.45) is 0.966. The minimum Gasteiger partial charge on any atom is -0.375 e. The molecule has 0 spiro atoms. The second-order valence-electron chi connectivity index (χ2n) is 4.63. The molecule has 1 aliphatic heterocycles. The Morgan fingerprint density at radius 1 is 1.44 bits per heavy atom. The third-order valence-electron chi connectivity index (χ3n) is 3.66. The highest BCUT2D eigenvalue weighted by atomic mass is 16.5. The van der Waals surface area contributed by atoms with Gasteiger partial charge in [-0.3, -0.25) is 4.68 Å². The SMILES string of the molecule is CCn1nc(C)c(CC2(OC)CNC2)c1C. The molecule has 1 aliphatic rings. The number of aromatic nitrogens is 2. The Bertz CT molecular complexity index is 374. The molecule has 1 aromatic heterocycles. The van der Waals surface area contributed by atoms with E-state index in [2.05, 4.69) is 35.9 Å². The van der Waals surface area contributed by atoms with Crippen LogP contribution >= 0.6 is 0 Å². The lowest BCUT2D eigenvalue weighted by atomic mass is 9.88. The zero-order valence-electron chi connectivity index (χ0n) is 10.6. The van der Waals surface area contributed by atoms with Gasteiger partial charge in [-0.25, -0.2) is 0 Å². The number of hydrogen-bond acceptors (Lipinski definition) is 3. The summed E-state index contributed by atoms with van der Waals surface area (Å²) >= 11 is 0. The largest absolute Gasteiger partial charge is 0.375 e. The highest BCUT2D eigenvalue weighted by Gasteiger charge is 2.38. The van der Waals surface area contributed by atoms with Gasteiger partial charge in [0.25, 0.3) is 0 Å². The second kappa shape index (κ2) is 4.18. The molecule has 4 heteroatoms. The van der Waals surface area contributed by atoms with Crippen LogP contribution in [0.5, 0.6) is 0 Å². The minimum absolute atomic E-state index is 0.00285. The first-order valence-corrected chi connectivity index (χ1v) is 5.90. The predicted molar refractivity (Wildman–Crippen MR) is 63.7 cm³/mol. The van der Waals surface area contributed by atoms with Crippen molar-refractivity contribution in [2.24, 2.45) is 0 Å². The first-order chi connectivity index (χ1) is 7.62. The normalized spacial score (nSPS) is 18.5. The molecule has 1 N–H and O–H groups in total. The van der Waals surface area contributed by atoms with Gasteiger partial charge < -0.3 is 10.1 Å². The lowest BCUT2D eigenvalue weighted by Gasteiger charge is -2.41. The fourth-order valence-corrected chi connectivity index (χ4v) is 2.37. The number of rotatable bonds is 4. The molecule has 0 aliphatic carbocycles. The summed E-state index contributed by atoms with van der Waals surface area (Å²) in [6, 6.07) is 0. The average Bonchev–Trinajstić information content (AvgIpc) is 2.49. The van der Waals surface area contributed by atoms with Crippen LogP contribution in [-0.4, -0.2) is 35.6 Å². The maximum atomic E-state index is 5.63. The van der Waals surface area contributed by atoms with Gasteiger partial charge in [0.2, 0.25) is 0 Å². The van der Waals surface area contributed by atoms with E-state index in [9.17, 15) is 0 Å². The van der Waals surface area contributed by atoms with Gasteiger partial charge in [0, 0.05) is 38.9 Å². The zero-order valence-corrected chi connectivity index (χ0v) is 10.6. The Morgan fingerprint density at radius 2 is 2.12 bits per heavy atom. The van der Waals surface area contributed by atoms with E-state index in [0.717, 1.165) is 31.7 Å². The van der Waals surface area contributed by atoms with E-state index in [1.54, 1.807) is 7.11 Å². The Labute approximate surface area is 97.0 Å². The lowest BCUT2D eigenvalue weighted by Crippen LogP contribution is -2.62. The molecule has 0 bridgehead atoms. The van der Waals surface area contributed by atoms with Crippen LogP contribution in [0.1, 0.15) is 23.9 Å². The Kier molecular flexibility index (Phi) is 3.04. The topological polar surface area (TPSA) is 39.1 Å². The van der Waals surface area contributed by atoms with Crippen molar-refractivity contribution in [2.75, 3.05) is 20.2 Å². The van der Waals surface area contributed by atoms with Crippen molar-refractivity contribution in [1.29, 1.82) is 0 Å². The molecule has 4 nitrogen and oxygen atoms in total. The number of ether oxygens (including phenoxy) is 1. The van der Waals surface area contributed by atoms with Crippen molar-refractivity contribution in [1.82, 2.24) is 15.1 Å². The van der Waals surface area contributed by atoms with Crippen molar-refractivity contribution in [3.63, 3.8) is 0 Å². The Balaban J connectivity index is 2.23. The molecular formula is C12H21N3O. The van der Waals surface area contributed by atoms with Crippen LogP contribution < -0.4 is 5.32 Å². The van der Waals surface area contributed by atoms with Gasteiger partial charge in [-0.15, -0.1) is 0 Å². The van der Waals surface area contributed by atoms with Crippen molar-refractivity contribution >= 4 is 0 Å². The summed E-state index contributed by atoms with van der Waals surface area (Å²) < 4.78 is 7.70. The number of methoxy groups -OCH3 is 1. The summed E-state index contributed by atoms with van der Waals surface area (Å²) in [6.45, 7) is 9.18. The molecule has 2 rings (SSSR count).